The average molecular weight is 438 g/mol. The Bertz CT molecular complexity index is 870. The fourth-order valence-electron chi connectivity index (χ4n) is 3.33. The molecule has 0 spiro atoms. The van der Waals surface area contributed by atoms with E-state index in [1.54, 1.807) is 17.0 Å². The third kappa shape index (κ3) is 5.95. The van der Waals surface area contributed by atoms with Crippen LogP contribution in [0.3, 0.4) is 0 Å². The fourth-order valence-corrected chi connectivity index (χ4v) is 3.83. The van der Waals surface area contributed by atoms with Crippen molar-refractivity contribution in [1.29, 1.82) is 0 Å². The van der Waals surface area contributed by atoms with Crippen LogP contribution in [-0.2, 0) is 17.9 Å². The average Bonchev–Trinajstić information content (AvgIpc) is 3.02. The van der Waals surface area contributed by atoms with Gasteiger partial charge in [0.15, 0.2) is 0 Å². The molecule has 0 unspecified atom stereocenters. The van der Waals surface area contributed by atoms with Crippen LogP contribution in [0.4, 0.5) is 0 Å². The first-order valence-corrected chi connectivity index (χ1v) is 10.5. The second-order valence-corrected chi connectivity index (χ2v) is 7.87. The van der Waals surface area contributed by atoms with Crippen molar-refractivity contribution in [3.8, 4) is 0 Å². The molecule has 0 saturated carbocycles. The molecule has 0 aliphatic carbocycles. The molecule has 29 heavy (non-hydrogen) atoms. The van der Waals surface area contributed by atoms with Gasteiger partial charge in [0.1, 0.15) is 0 Å². The number of aryl methyl sites for hydroxylation is 1. The molecule has 1 saturated heterocycles. The van der Waals surface area contributed by atoms with Crippen molar-refractivity contribution in [2.24, 2.45) is 0 Å². The number of rotatable bonds is 6. The second kappa shape index (κ2) is 10.1. The Balaban J connectivity index is 1.48. The van der Waals surface area contributed by atoms with E-state index in [0.717, 1.165) is 32.6 Å². The predicted octanol–water partition coefficient (Wildman–Crippen LogP) is 2.67. The van der Waals surface area contributed by atoms with Crippen LogP contribution in [0.15, 0.2) is 30.6 Å². The molecule has 0 bridgehead atoms. The molecule has 1 aromatic carbocycles. The van der Waals surface area contributed by atoms with E-state index in [4.69, 9.17) is 23.2 Å². The Hall–Kier alpha value is -2.09. The van der Waals surface area contributed by atoms with E-state index in [1.165, 1.54) is 11.6 Å². The maximum absolute atomic E-state index is 12.6. The Morgan fingerprint density at radius 2 is 2.00 bits per heavy atom. The smallest absolute Gasteiger partial charge is 0.253 e. The van der Waals surface area contributed by atoms with Gasteiger partial charge in [0.05, 0.1) is 23.3 Å². The van der Waals surface area contributed by atoms with Gasteiger partial charge in [-0.1, -0.05) is 23.2 Å². The van der Waals surface area contributed by atoms with Gasteiger partial charge in [0, 0.05) is 56.1 Å². The van der Waals surface area contributed by atoms with Crippen LogP contribution in [0.5, 0.6) is 0 Å². The van der Waals surface area contributed by atoms with Gasteiger partial charge < -0.3 is 10.2 Å². The summed E-state index contributed by atoms with van der Waals surface area (Å²) >= 11 is 11.9. The van der Waals surface area contributed by atoms with Crippen LogP contribution in [0.1, 0.15) is 29.3 Å². The van der Waals surface area contributed by atoms with Gasteiger partial charge in [-0.3, -0.25) is 19.2 Å². The number of amides is 2. The molecule has 1 fully saturated rings. The molecule has 1 N–H and O–H groups in total. The molecule has 0 atom stereocenters. The SMILES string of the molecule is CCn1cc(CN2CCCN(C(=O)CNC(=O)c3ccc(Cl)cc3Cl)CC2)cn1. The number of hydrogen-bond donors (Lipinski definition) is 1. The lowest BCUT2D eigenvalue weighted by Crippen LogP contribution is -2.42. The highest BCUT2D eigenvalue weighted by molar-refractivity contribution is 6.36. The lowest BCUT2D eigenvalue weighted by atomic mass is 10.2. The largest absolute Gasteiger partial charge is 0.343 e. The van der Waals surface area contributed by atoms with Crippen LogP contribution in [0.2, 0.25) is 10.0 Å². The Kier molecular flexibility index (Phi) is 7.52. The minimum absolute atomic E-state index is 0.0545. The maximum Gasteiger partial charge on any atom is 0.253 e. The molecule has 0 radical (unpaired) electrons. The number of halogens is 2. The van der Waals surface area contributed by atoms with Crippen molar-refractivity contribution in [1.82, 2.24) is 24.9 Å². The predicted molar refractivity (Wildman–Crippen MR) is 113 cm³/mol. The van der Waals surface area contributed by atoms with Crippen LogP contribution >= 0.6 is 23.2 Å². The summed E-state index contributed by atoms with van der Waals surface area (Å²) in [6, 6.07) is 4.65. The van der Waals surface area contributed by atoms with Gasteiger partial charge in [-0.15, -0.1) is 0 Å². The highest BCUT2D eigenvalue weighted by Crippen LogP contribution is 2.20. The lowest BCUT2D eigenvalue weighted by molar-refractivity contribution is -0.130. The number of hydrogen-bond acceptors (Lipinski definition) is 4. The first kappa shape index (κ1) is 21.6. The van der Waals surface area contributed by atoms with Crippen molar-refractivity contribution in [3.05, 3.63) is 51.8 Å². The third-order valence-electron chi connectivity index (χ3n) is 4.93. The molecular formula is C20H25Cl2N5O2. The summed E-state index contributed by atoms with van der Waals surface area (Å²) in [6.07, 6.45) is 4.85. The Morgan fingerprint density at radius 3 is 2.72 bits per heavy atom. The van der Waals surface area contributed by atoms with Gasteiger partial charge in [-0.2, -0.15) is 5.10 Å². The molecule has 156 valence electrons. The summed E-state index contributed by atoms with van der Waals surface area (Å²) < 4.78 is 1.92. The van der Waals surface area contributed by atoms with Crippen LogP contribution in [0.25, 0.3) is 0 Å². The highest BCUT2D eigenvalue weighted by Gasteiger charge is 2.20. The Morgan fingerprint density at radius 1 is 1.17 bits per heavy atom. The van der Waals surface area contributed by atoms with Crippen molar-refractivity contribution in [2.45, 2.75) is 26.4 Å². The van der Waals surface area contributed by atoms with Gasteiger partial charge in [0.25, 0.3) is 5.91 Å². The molecular weight excluding hydrogens is 413 g/mol. The summed E-state index contributed by atoms with van der Waals surface area (Å²) in [5.41, 5.74) is 1.48. The minimum atomic E-state index is -0.385. The zero-order valence-corrected chi connectivity index (χ0v) is 17.9. The van der Waals surface area contributed by atoms with Crippen LogP contribution in [-0.4, -0.2) is 64.1 Å². The van der Waals surface area contributed by atoms with E-state index in [0.29, 0.717) is 23.7 Å². The summed E-state index contributed by atoms with van der Waals surface area (Å²) in [7, 11) is 0. The molecule has 7 nitrogen and oxygen atoms in total. The summed E-state index contributed by atoms with van der Waals surface area (Å²) in [5.74, 6) is -0.478. The molecule has 1 aliphatic heterocycles. The standard InChI is InChI=1S/C20H25Cl2N5O2/c1-2-27-14-15(11-24-27)13-25-6-3-7-26(9-8-25)19(28)12-23-20(29)17-5-4-16(21)10-18(17)22/h4-5,10-11,14H,2-3,6-9,12-13H2,1H3,(H,23,29). The zero-order chi connectivity index (χ0) is 20.8. The first-order valence-electron chi connectivity index (χ1n) is 9.71. The number of carbonyl (C=O) groups is 2. The molecule has 1 aromatic heterocycles. The number of carbonyl (C=O) groups excluding carboxylic acids is 2. The topological polar surface area (TPSA) is 70.5 Å². The van der Waals surface area contributed by atoms with Crippen LogP contribution in [0, 0.1) is 0 Å². The van der Waals surface area contributed by atoms with Gasteiger partial charge in [0.2, 0.25) is 5.91 Å². The van der Waals surface area contributed by atoms with Crippen molar-refractivity contribution in [2.75, 3.05) is 32.7 Å². The monoisotopic (exact) mass is 437 g/mol. The van der Waals surface area contributed by atoms with Crippen molar-refractivity contribution >= 4 is 35.0 Å². The molecule has 2 heterocycles. The van der Waals surface area contributed by atoms with E-state index in [1.807, 2.05) is 10.9 Å². The van der Waals surface area contributed by atoms with Crippen molar-refractivity contribution < 1.29 is 9.59 Å². The number of aromatic nitrogens is 2. The quantitative estimate of drug-likeness (QED) is 0.753. The maximum atomic E-state index is 12.6. The molecule has 1 aliphatic rings. The fraction of sp³-hybridized carbons (Fsp3) is 0.450. The van der Waals surface area contributed by atoms with E-state index in [2.05, 4.69) is 28.4 Å². The van der Waals surface area contributed by atoms with Crippen LogP contribution < -0.4 is 5.32 Å². The molecule has 3 rings (SSSR count). The molecule has 2 amide bonds. The normalized spacial score (nSPS) is 15.2. The van der Waals surface area contributed by atoms with E-state index >= 15 is 0 Å². The first-order chi connectivity index (χ1) is 14.0. The number of nitrogens with zero attached hydrogens (tertiary/aromatic N) is 4. The lowest BCUT2D eigenvalue weighted by Gasteiger charge is -2.22. The number of nitrogens with one attached hydrogen (secondary N) is 1. The second-order valence-electron chi connectivity index (χ2n) is 7.02. The van der Waals surface area contributed by atoms with Gasteiger partial charge in [-0.25, -0.2) is 0 Å². The van der Waals surface area contributed by atoms with E-state index < -0.39 is 0 Å². The third-order valence-corrected chi connectivity index (χ3v) is 5.48. The van der Waals surface area contributed by atoms with Gasteiger partial charge >= 0.3 is 0 Å². The van der Waals surface area contributed by atoms with E-state index in [9.17, 15) is 9.59 Å². The van der Waals surface area contributed by atoms with E-state index in [-0.39, 0.29) is 23.4 Å². The zero-order valence-electron chi connectivity index (χ0n) is 16.4. The summed E-state index contributed by atoms with van der Waals surface area (Å²) in [5, 5.41) is 7.69. The summed E-state index contributed by atoms with van der Waals surface area (Å²) in [4.78, 5) is 29.0. The summed E-state index contributed by atoms with van der Waals surface area (Å²) in [6.45, 7) is 6.73. The highest BCUT2D eigenvalue weighted by atomic mass is 35.5. The van der Waals surface area contributed by atoms with Crippen molar-refractivity contribution in [3.63, 3.8) is 0 Å². The van der Waals surface area contributed by atoms with Gasteiger partial charge in [-0.05, 0) is 31.5 Å². The molecule has 2 aromatic rings. The Labute approximate surface area is 180 Å². The number of benzene rings is 1. The minimum Gasteiger partial charge on any atom is -0.343 e. The molecule has 9 heteroatoms.